The number of ether oxygens (including phenoxy) is 3. The van der Waals surface area contributed by atoms with Gasteiger partial charge in [0, 0.05) is 55.6 Å². The van der Waals surface area contributed by atoms with Gasteiger partial charge in [0.05, 0.1) is 23.8 Å². The quantitative estimate of drug-likeness (QED) is 0.315. The maximum Gasteiger partial charge on any atom is 0.410 e. The summed E-state index contributed by atoms with van der Waals surface area (Å²) < 4.78 is 34.8. The number of amides is 2. The monoisotopic (exact) mass is 744 g/mol. The van der Waals surface area contributed by atoms with Crippen molar-refractivity contribution in [2.75, 3.05) is 50.8 Å². The van der Waals surface area contributed by atoms with Crippen molar-refractivity contribution in [3.63, 3.8) is 0 Å². The number of rotatable bonds is 5. The van der Waals surface area contributed by atoms with Gasteiger partial charge in [-0.25, -0.2) is 9.00 Å². The number of anilines is 1. The first-order valence-corrected chi connectivity index (χ1v) is 20.0. The molecule has 1 fully saturated rings. The molecule has 3 aliphatic heterocycles. The molecule has 282 valence electrons. The molecule has 5 unspecified atom stereocenters. The van der Waals surface area contributed by atoms with Crippen LogP contribution in [0.2, 0.25) is 5.02 Å². The zero-order valence-corrected chi connectivity index (χ0v) is 32.9. The van der Waals surface area contributed by atoms with Gasteiger partial charge in [-0.1, -0.05) is 57.9 Å². The number of nitrogens with zero attached hydrogens (tertiary/aromatic N) is 2. The Bertz CT molecular complexity index is 1540. The van der Waals surface area contributed by atoms with E-state index in [1.54, 1.807) is 24.8 Å². The normalized spacial score (nSPS) is 26.0. The second-order valence-corrected chi connectivity index (χ2v) is 15.4. The Morgan fingerprint density at radius 1 is 1.12 bits per heavy atom. The van der Waals surface area contributed by atoms with Crippen molar-refractivity contribution in [2.45, 2.75) is 103 Å². The van der Waals surface area contributed by atoms with Crippen LogP contribution in [0, 0.1) is 5.92 Å². The molecular weight excluding hydrogens is 688 g/mol. The van der Waals surface area contributed by atoms with Crippen molar-refractivity contribution in [2.24, 2.45) is 5.92 Å². The van der Waals surface area contributed by atoms with Gasteiger partial charge in [-0.05, 0) is 87.6 Å². The molecule has 10 nitrogen and oxygen atoms in total. The van der Waals surface area contributed by atoms with E-state index in [9.17, 15) is 13.8 Å². The number of carbonyl (C=O) groups excluding carboxylic acids is 2. The SMILES string of the molecule is CC.CCCc1cc(Cl)ccc1C1COc2ccc3cc2N(CCC(CC)C(OC(=O)N2CCNC(C)C2)/C=C/COC(C)(C)C(=O)NS3=O)C1. The van der Waals surface area contributed by atoms with E-state index in [4.69, 9.17) is 25.8 Å². The third kappa shape index (κ3) is 10.7. The van der Waals surface area contributed by atoms with Gasteiger partial charge in [-0.15, -0.1) is 0 Å². The second-order valence-electron chi connectivity index (χ2n) is 13.7. The highest BCUT2D eigenvalue weighted by Crippen LogP contribution is 2.38. The average molecular weight is 745 g/mol. The summed E-state index contributed by atoms with van der Waals surface area (Å²) >= 11 is 6.43. The highest BCUT2D eigenvalue weighted by molar-refractivity contribution is 7.83. The van der Waals surface area contributed by atoms with Crippen LogP contribution in [0.25, 0.3) is 0 Å². The Kier molecular flexibility index (Phi) is 15.2. The first kappa shape index (κ1) is 40.6. The minimum Gasteiger partial charge on any atom is -0.491 e. The molecular formula is C39H57ClN4O6S. The van der Waals surface area contributed by atoms with E-state index >= 15 is 0 Å². The molecule has 0 spiro atoms. The van der Waals surface area contributed by atoms with Gasteiger partial charge >= 0.3 is 6.09 Å². The summed E-state index contributed by atoms with van der Waals surface area (Å²) in [6.45, 7) is 17.4. The topological polar surface area (TPSA) is 109 Å². The van der Waals surface area contributed by atoms with Crippen molar-refractivity contribution in [3.8, 4) is 5.75 Å². The van der Waals surface area contributed by atoms with Crippen LogP contribution in [-0.2, 0) is 31.7 Å². The van der Waals surface area contributed by atoms with Crippen LogP contribution in [0.1, 0.15) is 84.8 Å². The third-order valence-corrected chi connectivity index (χ3v) is 10.9. The molecule has 2 aromatic rings. The van der Waals surface area contributed by atoms with Crippen LogP contribution >= 0.6 is 11.6 Å². The van der Waals surface area contributed by atoms with Crippen LogP contribution in [-0.4, -0.2) is 84.8 Å². The minimum atomic E-state index is -1.82. The predicted octanol–water partition coefficient (Wildman–Crippen LogP) is 7.02. The zero-order valence-electron chi connectivity index (χ0n) is 31.3. The lowest BCUT2D eigenvalue weighted by Gasteiger charge is -2.34. The molecule has 5 atom stereocenters. The summed E-state index contributed by atoms with van der Waals surface area (Å²) in [5.41, 5.74) is 1.97. The van der Waals surface area contributed by atoms with Gasteiger partial charge in [-0.2, -0.15) is 0 Å². The fourth-order valence-corrected chi connectivity index (χ4v) is 7.87. The summed E-state index contributed by atoms with van der Waals surface area (Å²) in [7, 11) is -1.82. The Labute approximate surface area is 312 Å². The van der Waals surface area contributed by atoms with E-state index in [2.05, 4.69) is 47.8 Å². The van der Waals surface area contributed by atoms with Gasteiger partial charge in [0.15, 0.2) is 11.0 Å². The predicted molar refractivity (Wildman–Crippen MR) is 205 cm³/mol. The van der Waals surface area contributed by atoms with Crippen molar-refractivity contribution in [1.82, 2.24) is 14.9 Å². The Hall–Kier alpha value is -3.12. The molecule has 3 aliphatic rings. The molecule has 0 aromatic heterocycles. The lowest BCUT2D eigenvalue weighted by molar-refractivity contribution is -0.139. The molecule has 0 radical (unpaired) electrons. The van der Waals surface area contributed by atoms with Crippen LogP contribution in [0.3, 0.4) is 0 Å². The molecule has 0 saturated carbocycles. The van der Waals surface area contributed by atoms with E-state index < -0.39 is 28.6 Å². The van der Waals surface area contributed by atoms with Gasteiger partial charge in [0.2, 0.25) is 0 Å². The van der Waals surface area contributed by atoms with E-state index in [0.717, 1.165) is 37.9 Å². The van der Waals surface area contributed by atoms with E-state index in [0.29, 0.717) is 48.5 Å². The second kappa shape index (κ2) is 19.1. The van der Waals surface area contributed by atoms with Gasteiger partial charge in [0.1, 0.15) is 17.5 Å². The maximum absolute atomic E-state index is 13.5. The maximum atomic E-state index is 13.5. The molecule has 51 heavy (non-hydrogen) atoms. The standard InChI is InChI=1S/C37H51ClN4O6S.C2H6/c1-6-9-27-20-29(38)11-13-31(27)28-23-41-17-15-26(7-2)33(48-36(44)42-18-16-39-25(3)22-42)10-8-19-47-37(4,5)35(43)40-49(45)30-12-14-34(46-24-28)32(41)21-30;1-2/h8,10-14,20-21,25-26,28,33,39H,6-7,9,15-19,22-24H2,1-5H3,(H,40,43);1-2H3/b10-8+;. The Morgan fingerprint density at radius 3 is 2.63 bits per heavy atom. The summed E-state index contributed by atoms with van der Waals surface area (Å²) in [6, 6.07) is 11.7. The minimum absolute atomic E-state index is 0.000626. The van der Waals surface area contributed by atoms with Crippen LogP contribution < -0.4 is 19.7 Å². The summed E-state index contributed by atoms with van der Waals surface area (Å²) in [5, 5.41) is 4.09. The smallest absolute Gasteiger partial charge is 0.410 e. The fourth-order valence-electron chi connectivity index (χ4n) is 6.73. The van der Waals surface area contributed by atoms with Gasteiger partial charge in [0.25, 0.3) is 5.91 Å². The van der Waals surface area contributed by atoms with Crippen LogP contribution in [0.15, 0.2) is 53.4 Å². The molecule has 2 N–H and O–H groups in total. The number of fused-ring (bicyclic) bond motifs is 1. The number of carbonyl (C=O) groups is 2. The lowest BCUT2D eigenvalue weighted by atomic mass is 9.91. The average Bonchev–Trinajstić information content (AvgIpc) is 3.29. The number of halogens is 1. The first-order valence-electron chi connectivity index (χ1n) is 18.5. The number of hydrogen-bond donors (Lipinski definition) is 2. The summed E-state index contributed by atoms with van der Waals surface area (Å²) in [6.07, 6.45) is 6.27. The molecule has 2 aromatic carbocycles. The van der Waals surface area contributed by atoms with Gasteiger partial charge < -0.3 is 29.3 Å². The van der Waals surface area contributed by atoms with Crippen LogP contribution in [0.4, 0.5) is 10.5 Å². The highest BCUT2D eigenvalue weighted by Gasteiger charge is 2.33. The molecule has 0 aliphatic carbocycles. The fraction of sp³-hybridized carbons (Fsp3) is 0.590. The van der Waals surface area contributed by atoms with E-state index in [1.165, 1.54) is 11.1 Å². The van der Waals surface area contributed by atoms with Crippen molar-refractivity contribution in [1.29, 1.82) is 0 Å². The summed E-state index contributed by atoms with van der Waals surface area (Å²) in [4.78, 5) is 31.2. The first-order chi connectivity index (χ1) is 24.5. The van der Waals surface area contributed by atoms with Gasteiger partial charge in [-0.3, -0.25) is 9.52 Å². The van der Waals surface area contributed by atoms with Crippen molar-refractivity contribution < 1.29 is 28.0 Å². The molecule has 3 heterocycles. The number of benzene rings is 2. The number of hydrogen-bond acceptors (Lipinski definition) is 8. The molecule has 1 saturated heterocycles. The highest BCUT2D eigenvalue weighted by atomic mass is 35.5. The zero-order chi connectivity index (χ0) is 37.1. The Morgan fingerprint density at radius 2 is 1.90 bits per heavy atom. The molecule has 2 amide bonds. The number of nitrogens with one attached hydrogen (secondary N) is 2. The molecule has 5 rings (SSSR count). The lowest BCUT2D eigenvalue weighted by Crippen LogP contribution is -2.52. The number of piperazine rings is 1. The van der Waals surface area contributed by atoms with E-state index in [-0.39, 0.29) is 30.6 Å². The van der Waals surface area contributed by atoms with Crippen LogP contribution in [0.5, 0.6) is 5.75 Å². The number of aryl methyl sites for hydroxylation is 1. The Balaban J connectivity index is 0.00000286. The summed E-state index contributed by atoms with van der Waals surface area (Å²) in [5.74, 6) is 0.239. The largest absolute Gasteiger partial charge is 0.491 e. The molecule has 12 heteroatoms. The van der Waals surface area contributed by atoms with E-state index in [1.807, 2.05) is 44.2 Å². The van der Waals surface area contributed by atoms with Crippen molar-refractivity contribution >= 4 is 40.3 Å². The third-order valence-electron chi connectivity index (χ3n) is 9.65. The van der Waals surface area contributed by atoms with Crippen molar-refractivity contribution in [3.05, 3.63) is 64.7 Å². The molecule has 2 bridgehead atoms.